The van der Waals surface area contributed by atoms with E-state index in [4.69, 9.17) is 0 Å². The third-order valence-corrected chi connectivity index (χ3v) is 5.26. The maximum absolute atomic E-state index is 13.3. The topological polar surface area (TPSA) is 65.5 Å². The summed E-state index contributed by atoms with van der Waals surface area (Å²) < 4.78 is 0. The number of aliphatic hydroxyl groups excluding tert-OH is 1. The summed E-state index contributed by atoms with van der Waals surface area (Å²) >= 11 is 0. The van der Waals surface area contributed by atoms with Crippen LogP contribution >= 0.6 is 0 Å². The van der Waals surface area contributed by atoms with Gasteiger partial charge in [0.2, 0.25) is 0 Å². The molecule has 154 valence electrons. The van der Waals surface area contributed by atoms with Crippen molar-refractivity contribution in [1.29, 1.82) is 0 Å². The maximum atomic E-state index is 13.3. The molecule has 30 heavy (non-hydrogen) atoms. The number of aromatic nitrogens is 1. The number of aryl methyl sites for hydroxylation is 1. The first kappa shape index (κ1) is 20.1. The van der Waals surface area contributed by atoms with Gasteiger partial charge in [-0.15, -0.1) is 0 Å². The Bertz CT molecular complexity index is 985. The van der Waals surface area contributed by atoms with E-state index < -0.39 is 6.10 Å². The molecule has 0 bridgehead atoms. The van der Waals surface area contributed by atoms with Crippen molar-refractivity contribution >= 4 is 11.7 Å². The molecule has 4 rings (SSSR count). The molecule has 2 aromatic carbocycles. The smallest absolute Gasteiger partial charge is 0.255 e. The Labute approximate surface area is 177 Å². The Hall–Kier alpha value is -3.18. The van der Waals surface area contributed by atoms with Crippen molar-refractivity contribution < 1.29 is 9.90 Å². The van der Waals surface area contributed by atoms with E-state index in [-0.39, 0.29) is 12.5 Å². The molecule has 0 unspecified atom stereocenters. The molecule has 1 aromatic heterocycles. The molecule has 5 nitrogen and oxygen atoms in total. The zero-order chi connectivity index (χ0) is 20.9. The van der Waals surface area contributed by atoms with Gasteiger partial charge in [0.05, 0.1) is 18.2 Å². The molecule has 0 spiro atoms. The van der Waals surface area contributed by atoms with Crippen LogP contribution in [0.5, 0.6) is 0 Å². The minimum atomic E-state index is -0.763. The quantitative estimate of drug-likeness (QED) is 0.589. The van der Waals surface area contributed by atoms with Gasteiger partial charge in [0.25, 0.3) is 5.91 Å². The number of hydrogen-bond donors (Lipinski definition) is 2. The Morgan fingerprint density at radius 2 is 1.93 bits per heavy atom. The molecule has 1 aliphatic carbocycles. The summed E-state index contributed by atoms with van der Waals surface area (Å²) in [5.74, 6) is 0.652. The summed E-state index contributed by atoms with van der Waals surface area (Å²) in [5, 5.41) is 14.2. The number of carbonyl (C=O) groups is 1. The number of anilines is 1. The monoisotopic (exact) mass is 401 g/mol. The summed E-state index contributed by atoms with van der Waals surface area (Å²) in [7, 11) is 0. The van der Waals surface area contributed by atoms with Gasteiger partial charge in [-0.25, -0.2) is 4.98 Å². The Kier molecular flexibility index (Phi) is 6.10. The number of rotatable bonds is 8. The number of aliphatic hydroxyl groups is 1. The first-order valence-corrected chi connectivity index (χ1v) is 10.4. The van der Waals surface area contributed by atoms with Crippen molar-refractivity contribution in [2.24, 2.45) is 0 Å². The molecule has 0 aliphatic heterocycles. The van der Waals surface area contributed by atoms with Crippen LogP contribution in [0.15, 0.2) is 72.9 Å². The van der Waals surface area contributed by atoms with Gasteiger partial charge in [0.15, 0.2) is 0 Å². The molecular weight excluding hydrogens is 374 g/mol. The first-order valence-electron chi connectivity index (χ1n) is 10.4. The van der Waals surface area contributed by atoms with Crippen LogP contribution in [0.3, 0.4) is 0 Å². The standard InChI is InChI=1S/C25H27N3O2/c1-18-6-5-9-20(14-18)23(29)17-28(16-19-7-3-2-4-8-19)25(30)21-10-13-24(26-15-21)27-22-11-12-22/h2-10,13-15,22-23,29H,11-12,16-17H2,1H3,(H,26,27)/t23-/m0/s1. The highest BCUT2D eigenvalue weighted by molar-refractivity contribution is 5.94. The third kappa shape index (κ3) is 5.24. The van der Waals surface area contributed by atoms with Gasteiger partial charge in [-0.3, -0.25) is 4.79 Å². The van der Waals surface area contributed by atoms with Gasteiger partial charge in [-0.05, 0) is 43.0 Å². The second-order valence-corrected chi connectivity index (χ2v) is 7.95. The van der Waals surface area contributed by atoms with E-state index in [9.17, 15) is 9.90 Å². The summed E-state index contributed by atoms with van der Waals surface area (Å²) in [5.41, 5.74) is 3.42. The number of nitrogens with one attached hydrogen (secondary N) is 1. The van der Waals surface area contributed by atoms with Crippen molar-refractivity contribution in [1.82, 2.24) is 9.88 Å². The van der Waals surface area contributed by atoms with E-state index in [1.54, 1.807) is 17.2 Å². The SMILES string of the molecule is Cc1cccc([C@@H](O)CN(Cc2ccccc2)C(=O)c2ccc(NC3CC3)nc2)c1. The lowest BCUT2D eigenvalue weighted by atomic mass is 10.1. The lowest BCUT2D eigenvalue weighted by Gasteiger charge is -2.26. The van der Waals surface area contributed by atoms with Crippen molar-refractivity contribution in [2.75, 3.05) is 11.9 Å². The number of benzene rings is 2. The lowest BCUT2D eigenvalue weighted by Crippen LogP contribution is -2.34. The third-order valence-electron chi connectivity index (χ3n) is 5.26. The average molecular weight is 402 g/mol. The lowest BCUT2D eigenvalue weighted by molar-refractivity contribution is 0.0603. The predicted molar refractivity (Wildman–Crippen MR) is 118 cm³/mol. The van der Waals surface area contributed by atoms with E-state index in [2.05, 4.69) is 10.3 Å². The van der Waals surface area contributed by atoms with Crippen LogP contribution in [0, 0.1) is 6.92 Å². The number of nitrogens with zero attached hydrogens (tertiary/aromatic N) is 2. The highest BCUT2D eigenvalue weighted by atomic mass is 16.3. The van der Waals surface area contributed by atoms with Gasteiger partial charge in [0.1, 0.15) is 5.82 Å². The molecule has 5 heteroatoms. The molecule has 1 amide bonds. The highest BCUT2D eigenvalue weighted by Gasteiger charge is 2.23. The minimum Gasteiger partial charge on any atom is -0.387 e. The fourth-order valence-corrected chi connectivity index (χ4v) is 3.44. The molecule has 1 atom stereocenters. The van der Waals surface area contributed by atoms with Gasteiger partial charge in [-0.2, -0.15) is 0 Å². The van der Waals surface area contributed by atoms with Crippen molar-refractivity contribution in [3.63, 3.8) is 0 Å². The zero-order valence-corrected chi connectivity index (χ0v) is 17.2. The van der Waals surface area contributed by atoms with Gasteiger partial charge in [-0.1, -0.05) is 60.2 Å². The van der Waals surface area contributed by atoms with Crippen LogP contribution in [0.1, 0.15) is 46.0 Å². The largest absolute Gasteiger partial charge is 0.387 e. The Morgan fingerprint density at radius 1 is 1.13 bits per heavy atom. The van der Waals surface area contributed by atoms with E-state index in [0.29, 0.717) is 18.2 Å². The van der Waals surface area contributed by atoms with Gasteiger partial charge < -0.3 is 15.3 Å². The van der Waals surface area contributed by atoms with Crippen LogP contribution in [0.4, 0.5) is 5.82 Å². The number of carbonyl (C=O) groups excluding carboxylic acids is 1. The van der Waals surface area contributed by atoms with Crippen LogP contribution in [-0.4, -0.2) is 33.5 Å². The highest BCUT2D eigenvalue weighted by Crippen LogP contribution is 2.24. The molecule has 1 heterocycles. The van der Waals surface area contributed by atoms with E-state index in [1.165, 1.54) is 12.8 Å². The molecule has 1 aliphatic rings. The number of pyridine rings is 1. The molecule has 3 aromatic rings. The fourth-order valence-electron chi connectivity index (χ4n) is 3.44. The van der Waals surface area contributed by atoms with E-state index in [0.717, 1.165) is 22.5 Å². The first-order chi connectivity index (χ1) is 14.6. The Balaban J connectivity index is 1.53. The van der Waals surface area contributed by atoms with Crippen molar-refractivity contribution in [3.8, 4) is 0 Å². The second kappa shape index (κ2) is 9.09. The molecule has 1 saturated carbocycles. The molecule has 2 N–H and O–H groups in total. The van der Waals surface area contributed by atoms with Crippen molar-refractivity contribution in [3.05, 3.63) is 95.2 Å². The maximum Gasteiger partial charge on any atom is 0.255 e. The molecule has 1 fully saturated rings. The van der Waals surface area contributed by atoms with E-state index in [1.807, 2.05) is 67.6 Å². The average Bonchev–Trinajstić information content (AvgIpc) is 3.58. The van der Waals surface area contributed by atoms with Crippen LogP contribution in [-0.2, 0) is 6.54 Å². The fraction of sp³-hybridized carbons (Fsp3) is 0.280. The zero-order valence-electron chi connectivity index (χ0n) is 17.2. The van der Waals surface area contributed by atoms with Gasteiger partial charge in [0, 0.05) is 18.8 Å². The summed E-state index contributed by atoms with van der Waals surface area (Å²) in [6.07, 6.45) is 3.19. The summed E-state index contributed by atoms with van der Waals surface area (Å²) in [6.45, 7) is 2.62. The molecular formula is C25H27N3O2. The normalized spacial score (nSPS) is 14.2. The summed E-state index contributed by atoms with van der Waals surface area (Å²) in [6, 6.07) is 21.8. The summed E-state index contributed by atoms with van der Waals surface area (Å²) in [4.78, 5) is 19.4. The van der Waals surface area contributed by atoms with Crippen LogP contribution in [0.25, 0.3) is 0 Å². The number of amides is 1. The van der Waals surface area contributed by atoms with E-state index >= 15 is 0 Å². The van der Waals surface area contributed by atoms with Crippen molar-refractivity contribution in [2.45, 2.75) is 38.5 Å². The molecule has 0 radical (unpaired) electrons. The van der Waals surface area contributed by atoms with Crippen LogP contribution < -0.4 is 5.32 Å². The van der Waals surface area contributed by atoms with Crippen LogP contribution in [0.2, 0.25) is 0 Å². The minimum absolute atomic E-state index is 0.143. The van der Waals surface area contributed by atoms with Gasteiger partial charge >= 0.3 is 0 Å². The Morgan fingerprint density at radius 3 is 2.60 bits per heavy atom. The molecule has 0 saturated heterocycles. The second-order valence-electron chi connectivity index (χ2n) is 7.95. The number of hydrogen-bond acceptors (Lipinski definition) is 4. The predicted octanol–water partition coefficient (Wildman–Crippen LogP) is 4.34.